The number of methoxy groups -OCH3 is 1. The van der Waals surface area contributed by atoms with E-state index >= 15 is 0 Å². The third kappa shape index (κ3) is 3.70. The van der Waals surface area contributed by atoms with Crippen molar-refractivity contribution in [2.45, 2.75) is 12.8 Å². The van der Waals surface area contributed by atoms with Gasteiger partial charge < -0.3 is 9.64 Å². The highest BCUT2D eigenvalue weighted by Gasteiger charge is 2.26. The Morgan fingerprint density at radius 2 is 1.87 bits per heavy atom. The quantitative estimate of drug-likeness (QED) is 0.859. The van der Waals surface area contributed by atoms with Crippen LogP contribution in [0.3, 0.4) is 0 Å². The van der Waals surface area contributed by atoms with E-state index in [9.17, 15) is 0 Å². The van der Waals surface area contributed by atoms with Gasteiger partial charge >= 0.3 is 0 Å². The number of rotatable bonds is 4. The minimum Gasteiger partial charge on any atom is -0.497 e. The number of nitrogens with zero attached hydrogens (tertiary/aromatic N) is 3. The molecule has 1 saturated heterocycles. The van der Waals surface area contributed by atoms with Crippen LogP contribution in [0.1, 0.15) is 12.8 Å². The summed E-state index contributed by atoms with van der Waals surface area (Å²) in [7, 11) is 1.70. The van der Waals surface area contributed by atoms with Gasteiger partial charge in [0.2, 0.25) is 0 Å². The van der Waals surface area contributed by atoms with Gasteiger partial charge in [0.15, 0.2) is 0 Å². The lowest BCUT2D eigenvalue weighted by Gasteiger charge is -2.35. The van der Waals surface area contributed by atoms with Gasteiger partial charge in [-0.1, -0.05) is 0 Å². The minimum atomic E-state index is 0. The van der Waals surface area contributed by atoms with E-state index in [4.69, 9.17) is 9.72 Å². The number of fused-ring (bicyclic) bond motifs is 1. The molecule has 4 rings (SSSR count). The molecule has 1 aromatic carbocycles. The van der Waals surface area contributed by atoms with Crippen LogP contribution >= 0.6 is 12.4 Å². The number of hydrogen-bond donors (Lipinski definition) is 0. The first kappa shape index (κ1) is 16.3. The molecule has 0 atom stereocenters. The zero-order valence-corrected chi connectivity index (χ0v) is 14.4. The Bertz CT molecular complexity index is 666. The first-order valence-corrected chi connectivity index (χ1v) is 8.24. The summed E-state index contributed by atoms with van der Waals surface area (Å²) in [5, 5.41) is 1.13. The number of pyridine rings is 1. The molecule has 124 valence electrons. The summed E-state index contributed by atoms with van der Waals surface area (Å²) in [4.78, 5) is 9.85. The lowest BCUT2D eigenvalue weighted by atomic mass is 10.2. The van der Waals surface area contributed by atoms with Gasteiger partial charge in [-0.3, -0.25) is 4.90 Å². The van der Waals surface area contributed by atoms with Gasteiger partial charge in [-0.25, -0.2) is 4.98 Å². The molecule has 2 aliphatic rings. The summed E-state index contributed by atoms with van der Waals surface area (Å²) in [6.07, 6.45) is 2.88. The summed E-state index contributed by atoms with van der Waals surface area (Å²) in [6, 6.07) is 10.3. The highest BCUT2D eigenvalue weighted by Crippen LogP contribution is 2.30. The molecule has 4 nitrogen and oxygen atoms in total. The van der Waals surface area contributed by atoms with Crippen molar-refractivity contribution in [3.05, 3.63) is 30.3 Å². The van der Waals surface area contributed by atoms with Crippen LogP contribution in [-0.4, -0.2) is 49.7 Å². The molecule has 1 saturated carbocycles. The average molecular weight is 334 g/mol. The molecule has 23 heavy (non-hydrogen) atoms. The van der Waals surface area contributed by atoms with Gasteiger partial charge in [0, 0.05) is 38.1 Å². The largest absolute Gasteiger partial charge is 0.497 e. The molecule has 0 unspecified atom stereocenters. The smallest absolute Gasteiger partial charge is 0.129 e. The van der Waals surface area contributed by atoms with Crippen molar-refractivity contribution in [1.29, 1.82) is 0 Å². The maximum Gasteiger partial charge on any atom is 0.129 e. The fourth-order valence-corrected chi connectivity index (χ4v) is 3.22. The predicted molar refractivity (Wildman–Crippen MR) is 96.9 cm³/mol. The summed E-state index contributed by atoms with van der Waals surface area (Å²) >= 11 is 0. The molecule has 0 radical (unpaired) electrons. The summed E-state index contributed by atoms with van der Waals surface area (Å²) in [5.41, 5.74) is 1.04. The highest BCUT2D eigenvalue weighted by molar-refractivity contribution is 5.85. The third-order valence-electron chi connectivity index (χ3n) is 4.79. The van der Waals surface area contributed by atoms with Gasteiger partial charge in [-0.2, -0.15) is 0 Å². The number of anilines is 1. The third-order valence-corrected chi connectivity index (χ3v) is 4.79. The summed E-state index contributed by atoms with van der Waals surface area (Å²) < 4.78 is 5.27. The summed E-state index contributed by atoms with van der Waals surface area (Å²) in [5.74, 6) is 2.97. The fourth-order valence-electron chi connectivity index (χ4n) is 3.22. The number of benzene rings is 1. The van der Waals surface area contributed by atoms with Crippen LogP contribution < -0.4 is 9.64 Å². The summed E-state index contributed by atoms with van der Waals surface area (Å²) in [6.45, 7) is 5.80. The molecular formula is C18H24ClN3O. The van der Waals surface area contributed by atoms with Crippen molar-refractivity contribution in [3.63, 3.8) is 0 Å². The Morgan fingerprint density at radius 1 is 1.09 bits per heavy atom. The Balaban J connectivity index is 0.00000156. The van der Waals surface area contributed by atoms with Crippen LogP contribution in [0.25, 0.3) is 10.9 Å². The van der Waals surface area contributed by atoms with Crippen LogP contribution in [0.2, 0.25) is 0 Å². The maximum atomic E-state index is 5.27. The second-order valence-corrected chi connectivity index (χ2v) is 6.46. The molecular weight excluding hydrogens is 310 g/mol. The lowest BCUT2D eigenvalue weighted by molar-refractivity contribution is 0.247. The van der Waals surface area contributed by atoms with Crippen LogP contribution in [-0.2, 0) is 0 Å². The number of halogens is 1. The van der Waals surface area contributed by atoms with E-state index in [1.54, 1.807) is 7.11 Å². The number of hydrogen-bond acceptors (Lipinski definition) is 4. The van der Waals surface area contributed by atoms with Crippen LogP contribution in [0.4, 0.5) is 5.82 Å². The standard InChI is InChI=1S/C18H23N3O.ClH/c1-22-16-5-6-17-15(12-16)4-7-18(19-17)21-10-8-20(9-11-21)13-14-2-3-14;/h4-7,12,14H,2-3,8-11,13H2,1H3;1H. The molecule has 2 heterocycles. The van der Waals surface area contributed by atoms with E-state index in [0.717, 1.165) is 41.5 Å². The second kappa shape index (κ2) is 6.93. The molecule has 1 aliphatic carbocycles. The van der Waals surface area contributed by atoms with Crippen molar-refractivity contribution < 1.29 is 4.74 Å². The van der Waals surface area contributed by atoms with Crippen molar-refractivity contribution in [2.24, 2.45) is 5.92 Å². The molecule has 0 N–H and O–H groups in total. The van der Waals surface area contributed by atoms with E-state index in [-0.39, 0.29) is 12.4 Å². The second-order valence-electron chi connectivity index (χ2n) is 6.46. The number of piperazine rings is 1. The van der Waals surface area contributed by atoms with Crippen molar-refractivity contribution in [2.75, 3.05) is 44.7 Å². The van der Waals surface area contributed by atoms with Gasteiger partial charge in [-0.15, -0.1) is 12.4 Å². The zero-order valence-electron chi connectivity index (χ0n) is 13.6. The molecule has 1 aliphatic heterocycles. The Labute approximate surface area is 143 Å². The minimum absolute atomic E-state index is 0. The normalized spacial score (nSPS) is 18.7. The topological polar surface area (TPSA) is 28.6 Å². The predicted octanol–water partition coefficient (Wildman–Crippen LogP) is 3.20. The van der Waals surface area contributed by atoms with Crippen molar-refractivity contribution in [1.82, 2.24) is 9.88 Å². The fraction of sp³-hybridized carbons (Fsp3) is 0.500. The van der Waals surface area contributed by atoms with Gasteiger partial charge in [-0.05, 0) is 49.1 Å². The Kier molecular flexibility index (Phi) is 4.93. The molecule has 1 aromatic heterocycles. The highest BCUT2D eigenvalue weighted by atomic mass is 35.5. The van der Waals surface area contributed by atoms with Crippen molar-refractivity contribution >= 4 is 29.1 Å². The van der Waals surface area contributed by atoms with Gasteiger partial charge in [0.1, 0.15) is 11.6 Å². The van der Waals surface area contributed by atoms with Crippen LogP contribution in [0.15, 0.2) is 30.3 Å². The zero-order chi connectivity index (χ0) is 14.9. The SMILES string of the molecule is COc1ccc2nc(N3CCN(CC4CC4)CC3)ccc2c1.Cl. The maximum absolute atomic E-state index is 5.27. The van der Waals surface area contributed by atoms with E-state index in [0.29, 0.717) is 0 Å². The van der Waals surface area contributed by atoms with Crippen molar-refractivity contribution in [3.8, 4) is 5.75 Å². The number of ether oxygens (including phenoxy) is 1. The molecule has 2 aromatic rings. The lowest BCUT2D eigenvalue weighted by Crippen LogP contribution is -2.47. The Morgan fingerprint density at radius 3 is 2.57 bits per heavy atom. The van der Waals surface area contributed by atoms with E-state index in [2.05, 4.69) is 21.9 Å². The first-order chi connectivity index (χ1) is 10.8. The van der Waals surface area contributed by atoms with Gasteiger partial charge in [0.05, 0.1) is 12.6 Å². The molecule has 5 heteroatoms. The average Bonchev–Trinajstić information content (AvgIpc) is 3.38. The molecule has 0 bridgehead atoms. The van der Waals surface area contributed by atoms with Crippen LogP contribution in [0, 0.1) is 5.92 Å². The molecule has 2 fully saturated rings. The van der Waals surface area contributed by atoms with E-state index < -0.39 is 0 Å². The Hall–Kier alpha value is -1.52. The number of aromatic nitrogens is 1. The van der Waals surface area contributed by atoms with Crippen LogP contribution in [0.5, 0.6) is 5.75 Å². The van der Waals surface area contributed by atoms with Gasteiger partial charge in [0.25, 0.3) is 0 Å². The van der Waals surface area contributed by atoms with E-state index in [1.165, 1.54) is 32.5 Å². The van der Waals surface area contributed by atoms with E-state index in [1.807, 2.05) is 18.2 Å². The monoisotopic (exact) mass is 333 g/mol. The first-order valence-electron chi connectivity index (χ1n) is 8.24. The molecule has 0 spiro atoms. The molecule has 0 amide bonds.